The summed E-state index contributed by atoms with van der Waals surface area (Å²) >= 11 is 0. The first kappa shape index (κ1) is 11.2. The summed E-state index contributed by atoms with van der Waals surface area (Å²) in [5, 5.41) is 0. The molecular formula is C9H17NO2. The summed E-state index contributed by atoms with van der Waals surface area (Å²) in [5.41, 5.74) is 6.75. The van der Waals surface area contributed by atoms with E-state index in [0.29, 0.717) is 6.42 Å². The van der Waals surface area contributed by atoms with Gasteiger partial charge in [0.25, 0.3) is 0 Å². The first-order valence-electron chi connectivity index (χ1n) is 4.04. The van der Waals surface area contributed by atoms with Crippen LogP contribution in [0.3, 0.4) is 0 Å². The normalized spacial score (nSPS) is 12.0. The summed E-state index contributed by atoms with van der Waals surface area (Å²) in [4.78, 5) is 10.8. The van der Waals surface area contributed by atoms with Crippen molar-refractivity contribution < 1.29 is 9.53 Å². The number of allylic oxidation sites excluding steroid dienone is 2. The van der Waals surface area contributed by atoms with E-state index in [1.807, 2.05) is 13.8 Å². The molecule has 2 N–H and O–H groups in total. The van der Waals surface area contributed by atoms with Gasteiger partial charge in [0, 0.05) is 0 Å². The fourth-order valence-corrected chi connectivity index (χ4v) is 0.821. The molecule has 0 spiro atoms. The van der Waals surface area contributed by atoms with E-state index in [2.05, 4.69) is 10.8 Å². The van der Waals surface area contributed by atoms with Crippen LogP contribution < -0.4 is 5.73 Å². The fourth-order valence-electron chi connectivity index (χ4n) is 0.821. The van der Waals surface area contributed by atoms with Gasteiger partial charge in [-0.2, -0.15) is 0 Å². The molecule has 0 rings (SSSR count). The molecular weight excluding hydrogens is 154 g/mol. The zero-order valence-corrected chi connectivity index (χ0v) is 7.96. The molecule has 0 aromatic carbocycles. The minimum absolute atomic E-state index is 0.336. The van der Waals surface area contributed by atoms with Crippen LogP contribution in [0.5, 0.6) is 0 Å². The fraction of sp³-hybridized carbons (Fsp3) is 0.667. The largest absolute Gasteiger partial charge is 0.468 e. The molecule has 0 aliphatic heterocycles. The van der Waals surface area contributed by atoms with Crippen LogP contribution in [0.1, 0.15) is 26.7 Å². The van der Waals surface area contributed by atoms with E-state index in [1.54, 1.807) is 0 Å². The third-order valence-electron chi connectivity index (χ3n) is 1.53. The molecule has 0 radical (unpaired) electrons. The lowest BCUT2D eigenvalue weighted by molar-refractivity contribution is -0.142. The maximum Gasteiger partial charge on any atom is 0.322 e. The van der Waals surface area contributed by atoms with Crippen molar-refractivity contribution in [1.29, 1.82) is 0 Å². The Morgan fingerprint density at radius 3 is 2.58 bits per heavy atom. The summed E-state index contributed by atoms with van der Waals surface area (Å²) < 4.78 is 4.48. The van der Waals surface area contributed by atoms with Gasteiger partial charge in [-0.3, -0.25) is 4.79 Å². The molecule has 0 aromatic heterocycles. The van der Waals surface area contributed by atoms with Gasteiger partial charge >= 0.3 is 5.97 Å². The molecule has 0 amide bonds. The molecule has 0 bridgehead atoms. The van der Waals surface area contributed by atoms with Crippen LogP contribution in [0.25, 0.3) is 0 Å². The number of rotatable bonds is 4. The number of carbonyl (C=O) groups excluding carboxylic acids is 1. The van der Waals surface area contributed by atoms with Gasteiger partial charge in [-0.1, -0.05) is 11.6 Å². The zero-order valence-electron chi connectivity index (χ0n) is 7.96. The van der Waals surface area contributed by atoms with Crippen LogP contribution in [0.15, 0.2) is 11.6 Å². The van der Waals surface area contributed by atoms with Crippen molar-refractivity contribution >= 4 is 5.97 Å². The molecule has 70 valence electrons. The third-order valence-corrected chi connectivity index (χ3v) is 1.53. The Labute approximate surface area is 73.6 Å². The van der Waals surface area contributed by atoms with E-state index in [9.17, 15) is 4.79 Å². The van der Waals surface area contributed by atoms with Crippen molar-refractivity contribution in [3.8, 4) is 0 Å². The molecule has 0 saturated heterocycles. The van der Waals surface area contributed by atoms with Crippen LogP contribution in [-0.4, -0.2) is 19.1 Å². The van der Waals surface area contributed by atoms with Crippen molar-refractivity contribution in [2.45, 2.75) is 32.7 Å². The smallest absolute Gasteiger partial charge is 0.322 e. The summed E-state index contributed by atoms with van der Waals surface area (Å²) in [7, 11) is 1.35. The average Bonchev–Trinajstić information content (AvgIpc) is 2.02. The number of ether oxygens (including phenoxy) is 1. The summed E-state index contributed by atoms with van der Waals surface area (Å²) in [5.74, 6) is -0.336. The number of hydrogen-bond acceptors (Lipinski definition) is 3. The molecule has 1 unspecified atom stereocenters. The highest BCUT2D eigenvalue weighted by Crippen LogP contribution is 2.00. The number of carbonyl (C=O) groups is 1. The number of methoxy groups -OCH3 is 1. The van der Waals surface area contributed by atoms with Crippen LogP contribution in [0.4, 0.5) is 0 Å². The first-order chi connectivity index (χ1) is 5.57. The Morgan fingerprint density at radius 1 is 1.58 bits per heavy atom. The van der Waals surface area contributed by atoms with Crippen molar-refractivity contribution in [2.75, 3.05) is 7.11 Å². The number of esters is 1. The minimum Gasteiger partial charge on any atom is -0.468 e. The van der Waals surface area contributed by atoms with E-state index in [-0.39, 0.29) is 5.97 Å². The number of nitrogens with two attached hydrogens (primary N) is 1. The molecule has 0 aliphatic rings. The molecule has 0 fully saturated rings. The summed E-state index contributed by atoms with van der Waals surface area (Å²) in [6.07, 6.45) is 3.54. The Bertz CT molecular complexity index is 171. The van der Waals surface area contributed by atoms with Crippen molar-refractivity contribution in [2.24, 2.45) is 5.73 Å². The predicted molar refractivity (Wildman–Crippen MR) is 48.7 cm³/mol. The van der Waals surface area contributed by atoms with E-state index in [0.717, 1.165) is 6.42 Å². The van der Waals surface area contributed by atoms with Crippen LogP contribution in [-0.2, 0) is 9.53 Å². The molecule has 0 aliphatic carbocycles. The monoisotopic (exact) mass is 171 g/mol. The summed E-state index contributed by atoms with van der Waals surface area (Å²) in [6.45, 7) is 4.04. The highest BCUT2D eigenvalue weighted by Gasteiger charge is 2.11. The van der Waals surface area contributed by atoms with Crippen LogP contribution in [0, 0.1) is 0 Å². The van der Waals surface area contributed by atoms with Crippen LogP contribution >= 0.6 is 0 Å². The Kier molecular flexibility index (Phi) is 5.37. The van der Waals surface area contributed by atoms with Gasteiger partial charge in [-0.15, -0.1) is 0 Å². The maximum atomic E-state index is 10.8. The summed E-state index contributed by atoms with van der Waals surface area (Å²) in [6, 6.07) is -0.481. The predicted octanol–water partition coefficient (Wildman–Crippen LogP) is 1.23. The Hall–Kier alpha value is -0.830. The molecule has 0 saturated carbocycles. The molecule has 0 heterocycles. The van der Waals surface area contributed by atoms with Gasteiger partial charge in [0.1, 0.15) is 6.04 Å². The zero-order chi connectivity index (χ0) is 9.56. The van der Waals surface area contributed by atoms with Crippen LogP contribution in [0.2, 0.25) is 0 Å². The molecule has 0 aromatic rings. The average molecular weight is 171 g/mol. The van der Waals surface area contributed by atoms with Gasteiger partial charge in [0.05, 0.1) is 7.11 Å². The Balaban J connectivity index is 3.64. The van der Waals surface area contributed by atoms with Gasteiger partial charge in [0.2, 0.25) is 0 Å². The Morgan fingerprint density at radius 2 is 2.17 bits per heavy atom. The van der Waals surface area contributed by atoms with E-state index in [4.69, 9.17) is 5.73 Å². The highest BCUT2D eigenvalue weighted by atomic mass is 16.5. The van der Waals surface area contributed by atoms with Crippen molar-refractivity contribution in [3.05, 3.63) is 11.6 Å². The lowest BCUT2D eigenvalue weighted by Gasteiger charge is -2.06. The molecule has 3 nitrogen and oxygen atoms in total. The van der Waals surface area contributed by atoms with Crippen molar-refractivity contribution in [1.82, 2.24) is 0 Å². The van der Waals surface area contributed by atoms with Gasteiger partial charge < -0.3 is 10.5 Å². The molecule has 1 atom stereocenters. The maximum absolute atomic E-state index is 10.8. The van der Waals surface area contributed by atoms with Gasteiger partial charge in [-0.05, 0) is 26.7 Å². The van der Waals surface area contributed by atoms with Crippen molar-refractivity contribution in [3.63, 3.8) is 0 Å². The van der Waals surface area contributed by atoms with E-state index >= 15 is 0 Å². The van der Waals surface area contributed by atoms with E-state index < -0.39 is 6.04 Å². The standard InChI is InChI=1S/C9H17NO2/c1-7(2)5-4-6-8(10)9(11)12-3/h5,8H,4,6,10H2,1-3H3. The van der Waals surface area contributed by atoms with Gasteiger partial charge in [0.15, 0.2) is 0 Å². The second-order valence-electron chi connectivity index (χ2n) is 2.99. The lowest BCUT2D eigenvalue weighted by Crippen LogP contribution is -2.31. The highest BCUT2D eigenvalue weighted by molar-refractivity contribution is 5.75. The SMILES string of the molecule is COC(=O)C(N)CCC=C(C)C. The second kappa shape index (κ2) is 5.77. The third kappa shape index (κ3) is 4.91. The number of hydrogen-bond donors (Lipinski definition) is 1. The second-order valence-corrected chi connectivity index (χ2v) is 2.99. The topological polar surface area (TPSA) is 52.3 Å². The minimum atomic E-state index is -0.481. The molecule has 12 heavy (non-hydrogen) atoms. The first-order valence-corrected chi connectivity index (χ1v) is 4.04. The molecule has 3 heteroatoms. The van der Waals surface area contributed by atoms with Gasteiger partial charge in [-0.25, -0.2) is 0 Å². The van der Waals surface area contributed by atoms with E-state index in [1.165, 1.54) is 12.7 Å². The lowest BCUT2D eigenvalue weighted by atomic mass is 10.1. The quantitative estimate of drug-likeness (QED) is 0.511.